The number of amides is 1. The predicted octanol–water partition coefficient (Wildman–Crippen LogP) is 2.73. The number of rotatable bonds is 6. The lowest BCUT2D eigenvalue weighted by molar-refractivity contribution is -0.385. The van der Waals surface area contributed by atoms with Gasteiger partial charge in [0.2, 0.25) is 5.69 Å². The van der Waals surface area contributed by atoms with Crippen LogP contribution in [0.1, 0.15) is 46.8 Å². The number of nitrogens with zero attached hydrogens (tertiary/aromatic N) is 2. The second kappa shape index (κ2) is 6.82. The number of aryl methyl sites for hydroxylation is 1. The minimum Gasteiger partial charge on any atom is -0.320 e. The van der Waals surface area contributed by atoms with Gasteiger partial charge < -0.3 is 5.32 Å². The first-order chi connectivity index (χ1) is 10.9. The maximum absolute atomic E-state index is 12.3. The van der Waals surface area contributed by atoms with Gasteiger partial charge in [-0.25, -0.2) is 0 Å². The number of H-pyrrole nitrogens is 1. The fraction of sp³-hybridized carbons (Fsp3) is 0.267. The van der Waals surface area contributed by atoms with Crippen molar-refractivity contribution in [3.63, 3.8) is 0 Å². The summed E-state index contributed by atoms with van der Waals surface area (Å²) in [6.07, 6.45) is 1.11. The van der Waals surface area contributed by atoms with Gasteiger partial charge in [0.1, 0.15) is 5.69 Å². The lowest BCUT2D eigenvalue weighted by Gasteiger charge is -2.04. The number of hydrogen-bond donors (Lipinski definition) is 2. The van der Waals surface area contributed by atoms with Crippen molar-refractivity contribution in [1.29, 1.82) is 0 Å². The highest BCUT2D eigenvalue weighted by atomic mass is 16.6. The summed E-state index contributed by atoms with van der Waals surface area (Å²) >= 11 is 0. The van der Waals surface area contributed by atoms with E-state index in [0.717, 1.165) is 0 Å². The Hall–Kier alpha value is -3.03. The molecule has 8 nitrogen and oxygen atoms in total. The monoisotopic (exact) mass is 316 g/mol. The maximum Gasteiger partial charge on any atom is 0.322 e. The Morgan fingerprint density at radius 1 is 1.39 bits per heavy atom. The first-order valence-corrected chi connectivity index (χ1v) is 7.08. The van der Waals surface area contributed by atoms with Gasteiger partial charge in [-0.3, -0.25) is 24.8 Å². The minimum absolute atomic E-state index is 0.142. The number of aromatic nitrogens is 2. The van der Waals surface area contributed by atoms with E-state index in [1.54, 1.807) is 18.2 Å². The molecule has 2 N–H and O–H groups in total. The van der Waals surface area contributed by atoms with E-state index >= 15 is 0 Å². The third-order valence-corrected chi connectivity index (χ3v) is 3.24. The van der Waals surface area contributed by atoms with Gasteiger partial charge in [0, 0.05) is 11.3 Å². The van der Waals surface area contributed by atoms with Crippen LogP contribution in [0.4, 0.5) is 11.4 Å². The van der Waals surface area contributed by atoms with Gasteiger partial charge in [-0.1, -0.05) is 25.5 Å². The molecular formula is C15H16N4O4. The summed E-state index contributed by atoms with van der Waals surface area (Å²) in [5, 5.41) is 20.0. The predicted molar refractivity (Wildman–Crippen MR) is 83.6 cm³/mol. The maximum atomic E-state index is 12.3. The number of aromatic amines is 1. The van der Waals surface area contributed by atoms with Crippen LogP contribution in [0.2, 0.25) is 0 Å². The summed E-state index contributed by atoms with van der Waals surface area (Å²) in [6.45, 7) is 3.29. The summed E-state index contributed by atoms with van der Waals surface area (Å²) < 4.78 is 0. The Balaban J connectivity index is 2.29. The fourth-order valence-corrected chi connectivity index (χ4v) is 2.16. The molecule has 1 aromatic carbocycles. The standard InChI is InChI=1S/C15H16N4O4/c1-3-5-12-14(19(22)23)13(18-17-12)15(21)16-11-7-4-6-10(8-11)9(2)20/h4,6-8H,3,5H2,1-2H3,(H,16,21)(H,17,18). The van der Waals surface area contributed by atoms with E-state index in [4.69, 9.17) is 0 Å². The molecule has 0 unspecified atom stereocenters. The molecule has 0 aliphatic rings. The molecule has 0 saturated carbocycles. The van der Waals surface area contributed by atoms with Gasteiger partial charge >= 0.3 is 5.69 Å². The number of nitrogens with one attached hydrogen (secondary N) is 2. The van der Waals surface area contributed by atoms with E-state index in [0.29, 0.717) is 29.8 Å². The summed E-state index contributed by atoms with van der Waals surface area (Å²) in [5.74, 6) is -0.840. The zero-order valence-corrected chi connectivity index (χ0v) is 12.8. The Bertz CT molecular complexity index is 767. The second-order valence-corrected chi connectivity index (χ2v) is 5.00. The normalized spacial score (nSPS) is 10.3. The van der Waals surface area contributed by atoms with Gasteiger partial charge in [0.15, 0.2) is 5.78 Å². The first-order valence-electron chi connectivity index (χ1n) is 7.08. The Labute approximate surface area is 132 Å². The molecule has 0 fully saturated rings. The molecule has 120 valence electrons. The van der Waals surface area contributed by atoms with Crippen molar-refractivity contribution in [3.8, 4) is 0 Å². The molecule has 1 aromatic heterocycles. The van der Waals surface area contributed by atoms with Crippen LogP contribution in [-0.4, -0.2) is 26.8 Å². The molecule has 1 amide bonds. The highest BCUT2D eigenvalue weighted by Crippen LogP contribution is 2.23. The van der Waals surface area contributed by atoms with E-state index in [1.165, 1.54) is 13.0 Å². The molecule has 2 rings (SSSR count). The Kier molecular flexibility index (Phi) is 4.85. The highest BCUT2D eigenvalue weighted by molar-refractivity contribution is 6.06. The van der Waals surface area contributed by atoms with Crippen LogP contribution in [0.25, 0.3) is 0 Å². The third-order valence-electron chi connectivity index (χ3n) is 3.24. The number of nitro groups is 1. The van der Waals surface area contributed by atoms with E-state index in [9.17, 15) is 19.7 Å². The zero-order valence-electron chi connectivity index (χ0n) is 12.8. The molecule has 23 heavy (non-hydrogen) atoms. The second-order valence-electron chi connectivity index (χ2n) is 5.00. The van der Waals surface area contributed by atoms with Crippen LogP contribution >= 0.6 is 0 Å². The summed E-state index contributed by atoms with van der Waals surface area (Å²) in [7, 11) is 0. The van der Waals surface area contributed by atoms with E-state index < -0.39 is 10.8 Å². The molecule has 2 aromatic rings. The van der Waals surface area contributed by atoms with Crippen LogP contribution in [-0.2, 0) is 6.42 Å². The molecule has 0 radical (unpaired) electrons. The number of carbonyl (C=O) groups is 2. The molecular weight excluding hydrogens is 300 g/mol. The highest BCUT2D eigenvalue weighted by Gasteiger charge is 2.28. The molecule has 0 bridgehead atoms. The van der Waals surface area contributed by atoms with Gasteiger partial charge in [-0.05, 0) is 25.5 Å². The molecule has 0 aliphatic carbocycles. The average molecular weight is 316 g/mol. The number of ketones is 1. The molecule has 0 saturated heterocycles. The van der Waals surface area contributed by atoms with E-state index in [1.807, 2.05) is 6.92 Å². The van der Waals surface area contributed by atoms with Crippen LogP contribution in [0, 0.1) is 10.1 Å². The molecule has 8 heteroatoms. The lowest BCUT2D eigenvalue weighted by atomic mass is 10.1. The largest absolute Gasteiger partial charge is 0.322 e. The van der Waals surface area contributed by atoms with Crippen LogP contribution < -0.4 is 5.32 Å². The fourth-order valence-electron chi connectivity index (χ4n) is 2.16. The number of hydrogen-bond acceptors (Lipinski definition) is 5. The van der Waals surface area contributed by atoms with Crippen molar-refractivity contribution in [2.24, 2.45) is 0 Å². The molecule has 0 atom stereocenters. The first kappa shape index (κ1) is 16.3. The van der Waals surface area contributed by atoms with Crippen molar-refractivity contribution in [1.82, 2.24) is 10.2 Å². The topological polar surface area (TPSA) is 118 Å². The molecule has 0 aliphatic heterocycles. The average Bonchev–Trinajstić information content (AvgIpc) is 2.92. The molecule has 0 spiro atoms. The summed E-state index contributed by atoms with van der Waals surface area (Å²) in [6, 6.07) is 6.34. The van der Waals surface area contributed by atoms with Gasteiger partial charge in [0.25, 0.3) is 5.91 Å². The Morgan fingerprint density at radius 2 is 2.13 bits per heavy atom. The number of benzene rings is 1. The van der Waals surface area contributed by atoms with Crippen molar-refractivity contribution >= 4 is 23.1 Å². The van der Waals surface area contributed by atoms with E-state index in [2.05, 4.69) is 15.5 Å². The lowest BCUT2D eigenvalue weighted by Crippen LogP contribution is -2.14. The molecule has 1 heterocycles. The number of carbonyl (C=O) groups excluding carboxylic acids is 2. The smallest absolute Gasteiger partial charge is 0.320 e. The summed E-state index contributed by atoms with van der Waals surface area (Å²) in [5.41, 5.74) is 0.543. The summed E-state index contributed by atoms with van der Waals surface area (Å²) in [4.78, 5) is 34.2. The van der Waals surface area contributed by atoms with E-state index in [-0.39, 0.29) is 17.2 Å². The van der Waals surface area contributed by atoms with Crippen LogP contribution in [0.15, 0.2) is 24.3 Å². The SMILES string of the molecule is CCCc1[nH]nc(C(=O)Nc2cccc(C(C)=O)c2)c1[N+](=O)[O-]. The van der Waals surface area contributed by atoms with Crippen molar-refractivity contribution in [3.05, 3.63) is 51.3 Å². The number of Topliss-reactive ketones (excluding diaryl/α,β-unsaturated/α-hetero) is 1. The third kappa shape index (κ3) is 3.60. The van der Waals surface area contributed by atoms with Crippen molar-refractivity contribution in [2.75, 3.05) is 5.32 Å². The minimum atomic E-state index is -0.698. The van der Waals surface area contributed by atoms with Crippen molar-refractivity contribution in [2.45, 2.75) is 26.7 Å². The van der Waals surface area contributed by atoms with Gasteiger partial charge in [0.05, 0.1) is 4.92 Å². The van der Waals surface area contributed by atoms with Crippen molar-refractivity contribution < 1.29 is 14.5 Å². The Morgan fingerprint density at radius 3 is 2.74 bits per heavy atom. The van der Waals surface area contributed by atoms with Crippen LogP contribution in [0.5, 0.6) is 0 Å². The zero-order chi connectivity index (χ0) is 17.0. The number of anilines is 1. The quantitative estimate of drug-likeness (QED) is 0.482. The van der Waals surface area contributed by atoms with Gasteiger partial charge in [-0.2, -0.15) is 5.10 Å². The van der Waals surface area contributed by atoms with Gasteiger partial charge in [-0.15, -0.1) is 0 Å². The van der Waals surface area contributed by atoms with Crippen LogP contribution in [0.3, 0.4) is 0 Å².